The molecule has 0 atom stereocenters. The molecule has 0 aliphatic heterocycles. The van der Waals surface area contributed by atoms with Gasteiger partial charge < -0.3 is 16.0 Å². The summed E-state index contributed by atoms with van der Waals surface area (Å²) in [5, 5.41) is 5.23. The lowest BCUT2D eigenvalue weighted by Crippen LogP contribution is -2.36. The minimum atomic E-state index is -0.244. The lowest BCUT2D eigenvalue weighted by molar-refractivity contribution is -0.133. The second-order valence-electron chi connectivity index (χ2n) is 6.06. The third-order valence-corrected chi connectivity index (χ3v) is 4.66. The van der Waals surface area contributed by atoms with E-state index in [9.17, 15) is 9.59 Å². The summed E-state index contributed by atoms with van der Waals surface area (Å²) in [4.78, 5) is 30.0. The van der Waals surface area contributed by atoms with E-state index in [1.54, 1.807) is 12.1 Å². The second-order valence-corrected chi connectivity index (χ2v) is 6.95. The number of carbonyl (C=O) groups is 2. The van der Waals surface area contributed by atoms with Crippen molar-refractivity contribution in [3.63, 3.8) is 0 Å². The summed E-state index contributed by atoms with van der Waals surface area (Å²) in [6, 6.07) is 16.9. The first-order chi connectivity index (χ1) is 13.0. The molecule has 7 heteroatoms. The van der Waals surface area contributed by atoms with Crippen LogP contribution in [0.5, 0.6) is 0 Å². The summed E-state index contributed by atoms with van der Waals surface area (Å²) >= 11 is 1.38. The average Bonchev–Trinajstić information content (AvgIpc) is 3.09. The largest absolute Gasteiger partial charge is 0.375 e. The lowest BCUT2D eigenvalue weighted by atomic mass is 10.1. The van der Waals surface area contributed by atoms with Crippen LogP contribution in [0.15, 0.2) is 60.0 Å². The van der Waals surface area contributed by atoms with E-state index < -0.39 is 0 Å². The number of carbonyl (C=O) groups excluding carboxylic acids is 2. The van der Waals surface area contributed by atoms with Gasteiger partial charge in [-0.25, -0.2) is 4.98 Å². The highest BCUT2D eigenvalue weighted by atomic mass is 32.1. The van der Waals surface area contributed by atoms with Gasteiger partial charge in [-0.3, -0.25) is 9.59 Å². The van der Waals surface area contributed by atoms with E-state index in [1.165, 1.54) is 23.2 Å². The minimum Gasteiger partial charge on any atom is -0.375 e. The van der Waals surface area contributed by atoms with Crippen LogP contribution < -0.4 is 11.1 Å². The number of aromatic nitrogens is 1. The van der Waals surface area contributed by atoms with Gasteiger partial charge in [0.05, 0.1) is 5.69 Å². The van der Waals surface area contributed by atoms with E-state index in [4.69, 9.17) is 5.73 Å². The third-order valence-electron chi connectivity index (χ3n) is 3.98. The topological polar surface area (TPSA) is 88.3 Å². The van der Waals surface area contributed by atoms with Crippen molar-refractivity contribution in [2.75, 3.05) is 17.6 Å². The Morgan fingerprint density at radius 3 is 2.41 bits per heavy atom. The molecule has 2 amide bonds. The summed E-state index contributed by atoms with van der Waals surface area (Å²) in [6.07, 6.45) is 0. The molecule has 0 unspecified atom stereocenters. The van der Waals surface area contributed by atoms with E-state index in [2.05, 4.69) is 10.3 Å². The van der Waals surface area contributed by atoms with Crippen molar-refractivity contribution in [3.8, 4) is 11.3 Å². The van der Waals surface area contributed by atoms with Crippen LogP contribution in [0.4, 0.5) is 10.8 Å². The van der Waals surface area contributed by atoms with Crippen molar-refractivity contribution in [3.05, 3.63) is 65.5 Å². The van der Waals surface area contributed by atoms with Gasteiger partial charge >= 0.3 is 0 Å². The second kappa shape index (κ2) is 8.46. The smallest absolute Gasteiger partial charge is 0.244 e. The summed E-state index contributed by atoms with van der Waals surface area (Å²) in [7, 11) is 0. The van der Waals surface area contributed by atoms with E-state index in [1.807, 2.05) is 47.8 Å². The van der Waals surface area contributed by atoms with Crippen LogP contribution in [0.2, 0.25) is 0 Å². The highest BCUT2D eigenvalue weighted by Crippen LogP contribution is 2.24. The first-order valence-corrected chi connectivity index (χ1v) is 9.30. The third kappa shape index (κ3) is 5.15. The zero-order chi connectivity index (χ0) is 19.2. The van der Waals surface area contributed by atoms with Crippen LogP contribution in [0, 0.1) is 0 Å². The molecule has 0 aliphatic carbocycles. The Kier molecular flexibility index (Phi) is 5.83. The van der Waals surface area contributed by atoms with Gasteiger partial charge in [0.1, 0.15) is 6.54 Å². The van der Waals surface area contributed by atoms with Gasteiger partial charge in [-0.1, -0.05) is 42.5 Å². The lowest BCUT2D eigenvalue weighted by Gasteiger charge is -2.20. The Hall–Kier alpha value is -3.19. The molecule has 0 saturated carbocycles. The van der Waals surface area contributed by atoms with Crippen molar-refractivity contribution >= 4 is 34.0 Å². The quantitative estimate of drug-likeness (QED) is 0.686. The van der Waals surface area contributed by atoms with Crippen molar-refractivity contribution in [2.45, 2.75) is 13.5 Å². The summed E-state index contributed by atoms with van der Waals surface area (Å²) in [5.41, 5.74) is 9.03. The maximum absolute atomic E-state index is 12.3. The van der Waals surface area contributed by atoms with E-state index in [0.29, 0.717) is 17.4 Å². The monoisotopic (exact) mass is 380 g/mol. The van der Waals surface area contributed by atoms with Crippen LogP contribution in [0.1, 0.15) is 12.5 Å². The molecule has 0 fully saturated rings. The number of nitrogens with zero attached hydrogens (tertiary/aromatic N) is 2. The maximum atomic E-state index is 12.3. The van der Waals surface area contributed by atoms with Crippen molar-refractivity contribution in [1.29, 1.82) is 0 Å². The fraction of sp³-hybridized carbons (Fsp3) is 0.150. The Labute approximate surface area is 161 Å². The Balaban J connectivity index is 1.61. The van der Waals surface area contributed by atoms with Crippen LogP contribution in [0.25, 0.3) is 11.3 Å². The molecule has 2 aromatic carbocycles. The molecule has 0 spiro atoms. The van der Waals surface area contributed by atoms with Gasteiger partial charge in [0.25, 0.3) is 0 Å². The maximum Gasteiger partial charge on any atom is 0.244 e. The molecule has 138 valence electrons. The SMILES string of the molecule is CC(=O)N(CC(=O)Nc1ccc(-c2csc(N)n2)cc1)Cc1ccccc1. The molecule has 6 nitrogen and oxygen atoms in total. The highest BCUT2D eigenvalue weighted by molar-refractivity contribution is 7.13. The number of nitrogen functional groups attached to an aromatic ring is 1. The molecule has 3 N–H and O–H groups in total. The zero-order valence-electron chi connectivity index (χ0n) is 14.9. The van der Waals surface area contributed by atoms with Gasteiger partial charge in [0, 0.05) is 30.1 Å². The van der Waals surface area contributed by atoms with E-state index in [0.717, 1.165) is 16.8 Å². The number of anilines is 2. The van der Waals surface area contributed by atoms with Crippen molar-refractivity contribution in [1.82, 2.24) is 9.88 Å². The molecule has 0 saturated heterocycles. The van der Waals surface area contributed by atoms with Gasteiger partial charge in [0.15, 0.2) is 5.13 Å². The van der Waals surface area contributed by atoms with Gasteiger partial charge in [-0.15, -0.1) is 11.3 Å². The summed E-state index contributed by atoms with van der Waals surface area (Å²) < 4.78 is 0. The fourth-order valence-electron chi connectivity index (χ4n) is 2.60. The Morgan fingerprint density at radius 2 is 1.81 bits per heavy atom. The predicted octanol–water partition coefficient (Wildman–Crippen LogP) is 3.38. The first kappa shape index (κ1) is 18.6. The highest BCUT2D eigenvalue weighted by Gasteiger charge is 2.14. The van der Waals surface area contributed by atoms with Crippen LogP contribution in [-0.2, 0) is 16.1 Å². The molecule has 27 heavy (non-hydrogen) atoms. The Bertz CT molecular complexity index is 923. The first-order valence-electron chi connectivity index (χ1n) is 8.42. The molecule has 0 radical (unpaired) electrons. The van der Waals surface area contributed by atoms with Gasteiger partial charge in [0.2, 0.25) is 11.8 Å². The molecule has 3 rings (SSSR count). The number of hydrogen-bond donors (Lipinski definition) is 2. The molecule has 0 bridgehead atoms. The summed E-state index contributed by atoms with van der Waals surface area (Å²) in [5.74, 6) is -0.391. The number of amides is 2. The van der Waals surface area contributed by atoms with Crippen LogP contribution in [-0.4, -0.2) is 28.2 Å². The van der Waals surface area contributed by atoms with E-state index >= 15 is 0 Å². The molecular weight excluding hydrogens is 360 g/mol. The Morgan fingerprint density at radius 1 is 1.11 bits per heavy atom. The standard InChI is InChI=1S/C20H20N4O2S/c1-14(25)24(11-15-5-3-2-4-6-15)12-19(26)22-17-9-7-16(8-10-17)18-13-27-20(21)23-18/h2-10,13H,11-12H2,1H3,(H2,21,23)(H,22,26). The van der Waals surface area contributed by atoms with Crippen LogP contribution in [0.3, 0.4) is 0 Å². The number of nitrogens with two attached hydrogens (primary N) is 1. The number of rotatable bonds is 6. The molecule has 1 aromatic heterocycles. The zero-order valence-corrected chi connectivity index (χ0v) is 15.7. The summed E-state index contributed by atoms with van der Waals surface area (Å²) in [6.45, 7) is 1.85. The normalized spacial score (nSPS) is 10.4. The minimum absolute atomic E-state index is 0.00536. The van der Waals surface area contributed by atoms with Crippen molar-refractivity contribution in [2.24, 2.45) is 0 Å². The van der Waals surface area contributed by atoms with Crippen molar-refractivity contribution < 1.29 is 9.59 Å². The molecule has 3 aromatic rings. The van der Waals surface area contributed by atoms with Crippen LogP contribution >= 0.6 is 11.3 Å². The fourth-order valence-corrected chi connectivity index (χ4v) is 3.17. The van der Waals surface area contributed by atoms with Gasteiger partial charge in [-0.2, -0.15) is 0 Å². The predicted molar refractivity (Wildman–Crippen MR) is 108 cm³/mol. The number of nitrogens with one attached hydrogen (secondary N) is 1. The molecule has 0 aliphatic rings. The number of thiazole rings is 1. The average molecular weight is 380 g/mol. The molecule has 1 heterocycles. The number of hydrogen-bond acceptors (Lipinski definition) is 5. The molecular formula is C20H20N4O2S. The van der Waals surface area contributed by atoms with E-state index in [-0.39, 0.29) is 18.4 Å². The van der Waals surface area contributed by atoms with Gasteiger partial charge in [-0.05, 0) is 17.7 Å². The number of benzene rings is 2.